The number of rotatable bonds is 7. The average Bonchev–Trinajstić information content (AvgIpc) is 2.10. The van der Waals surface area contributed by atoms with Gasteiger partial charge in [-0.15, -0.1) is 0 Å². The van der Waals surface area contributed by atoms with Crippen LogP contribution in [0.1, 0.15) is 33.6 Å². The van der Waals surface area contributed by atoms with Gasteiger partial charge in [0.15, 0.2) is 0 Å². The first-order valence-corrected chi connectivity index (χ1v) is 5.73. The molecule has 0 N–H and O–H groups in total. The zero-order valence-corrected chi connectivity index (χ0v) is 11.0. The molecule has 0 unspecified atom stereocenters. The highest BCUT2D eigenvalue weighted by atomic mass is 35.5. The first-order valence-electron chi connectivity index (χ1n) is 4.86. The summed E-state index contributed by atoms with van der Waals surface area (Å²) in [6, 6.07) is 0. The average molecular weight is 275 g/mol. The Balaban J connectivity index is 3.80. The molecule has 0 radical (unpaired) electrons. The number of halogens is 2. The van der Waals surface area contributed by atoms with Crippen LogP contribution in [-0.4, -0.2) is 23.6 Å². The van der Waals surface area contributed by atoms with E-state index < -0.39 is 17.0 Å². The van der Waals surface area contributed by atoms with Crippen LogP contribution < -0.4 is 0 Å². The zero-order valence-electron chi connectivity index (χ0n) is 9.50. The normalized spacial score (nSPS) is 11.6. The van der Waals surface area contributed by atoms with E-state index in [0.717, 1.165) is 12.8 Å². The third kappa shape index (κ3) is 9.03. The van der Waals surface area contributed by atoms with E-state index in [-0.39, 0.29) is 0 Å². The van der Waals surface area contributed by atoms with Crippen LogP contribution in [0.4, 0.5) is 4.79 Å². The molecule has 0 spiro atoms. The van der Waals surface area contributed by atoms with Gasteiger partial charge < -0.3 is 9.47 Å². The predicted octanol–water partition coefficient (Wildman–Crippen LogP) is 3.39. The second-order valence-corrected chi connectivity index (χ2v) is 4.41. The third-order valence-corrected chi connectivity index (χ3v) is 1.53. The van der Waals surface area contributed by atoms with Gasteiger partial charge in [0.2, 0.25) is 5.79 Å². The smallest absolute Gasteiger partial charge is 0.400 e. The number of ether oxygens (including phenoxy) is 2. The lowest BCUT2D eigenvalue weighted by Crippen LogP contribution is -2.32. The Morgan fingerprint density at radius 2 is 2.00 bits per heavy atom. The monoisotopic (exact) mass is 274 g/mol. The van der Waals surface area contributed by atoms with Gasteiger partial charge in [0.05, 0.1) is 6.61 Å². The summed E-state index contributed by atoms with van der Waals surface area (Å²) in [4.78, 5) is 20.7. The molecule has 7 heteroatoms. The lowest BCUT2D eigenvalue weighted by atomic mass is 10.4. The molecule has 0 saturated heterocycles. The van der Waals surface area contributed by atoms with Gasteiger partial charge in [0.1, 0.15) is 0 Å². The molecule has 0 rings (SSSR count). The van der Waals surface area contributed by atoms with E-state index >= 15 is 0 Å². The van der Waals surface area contributed by atoms with E-state index in [9.17, 15) is 4.79 Å². The Morgan fingerprint density at radius 3 is 2.50 bits per heavy atom. The number of alkyl halides is 2. The molecule has 5 nitrogen and oxygen atoms in total. The van der Waals surface area contributed by atoms with Crippen molar-refractivity contribution in [3.05, 3.63) is 0 Å². The molecular weight excluding hydrogens is 259 g/mol. The molecule has 0 saturated carbocycles. The maximum atomic E-state index is 11.0. The van der Waals surface area contributed by atoms with E-state index in [1.807, 2.05) is 6.92 Å². The SMILES string of the molecule is CCCCOOC(C)(C)OC(=O)OC(Cl)Cl. The van der Waals surface area contributed by atoms with Crippen LogP contribution in [0.2, 0.25) is 0 Å². The number of hydrogen-bond donors (Lipinski definition) is 0. The van der Waals surface area contributed by atoms with Gasteiger partial charge in [0, 0.05) is 13.8 Å². The highest BCUT2D eigenvalue weighted by Crippen LogP contribution is 2.15. The van der Waals surface area contributed by atoms with Crippen LogP contribution in [0.25, 0.3) is 0 Å². The topological polar surface area (TPSA) is 54.0 Å². The molecule has 0 atom stereocenters. The van der Waals surface area contributed by atoms with Crippen LogP contribution >= 0.6 is 23.2 Å². The van der Waals surface area contributed by atoms with Crippen molar-refractivity contribution in [2.75, 3.05) is 6.61 Å². The molecule has 0 aliphatic rings. The summed E-state index contributed by atoms with van der Waals surface area (Å²) in [5, 5.41) is -1.27. The Morgan fingerprint density at radius 1 is 1.38 bits per heavy atom. The molecule has 0 aromatic heterocycles. The second kappa shape index (κ2) is 7.95. The quantitative estimate of drug-likeness (QED) is 0.178. The van der Waals surface area contributed by atoms with Crippen molar-refractivity contribution in [1.82, 2.24) is 0 Å². The third-order valence-electron chi connectivity index (χ3n) is 1.36. The molecule has 0 aliphatic heterocycles. The molecule has 0 fully saturated rings. The molecular formula is C9H16Cl2O5. The second-order valence-electron chi connectivity index (χ2n) is 3.39. The van der Waals surface area contributed by atoms with Crippen LogP contribution in [0, 0.1) is 0 Å². The van der Waals surface area contributed by atoms with Crippen molar-refractivity contribution in [3.63, 3.8) is 0 Å². The highest BCUT2D eigenvalue weighted by Gasteiger charge is 2.27. The van der Waals surface area contributed by atoms with Gasteiger partial charge in [-0.1, -0.05) is 36.5 Å². The molecule has 0 aromatic rings. The van der Waals surface area contributed by atoms with Gasteiger partial charge in [-0.25, -0.2) is 9.68 Å². The molecule has 0 bridgehead atoms. The Bertz CT molecular complexity index is 208. The number of unbranched alkanes of at least 4 members (excludes halogenated alkanes) is 1. The van der Waals surface area contributed by atoms with E-state index in [1.54, 1.807) is 0 Å². The summed E-state index contributed by atoms with van der Waals surface area (Å²) in [5.41, 5.74) is 0. The maximum Gasteiger partial charge on any atom is 0.513 e. The molecule has 0 amide bonds. The fourth-order valence-corrected chi connectivity index (χ4v) is 0.847. The summed E-state index contributed by atoms with van der Waals surface area (Å²) in [7, 11) is 0. The summed E-state index contributed by atoms with van der Waals surface area (Å²) in [6.07, 6.45) is 0.804. The minimum atomic E-state index is -1.27. The minimum Gasteiger partial charge on any atom is -0.400 e. The van der Waals surface area contributed by atoms with Crippen molar-refractivity contribution in [2.45, 2.75) is 44.4 Å². The molecule has 0 aliphatic carbocycles. The first kappa shape index (κ1) is 15.8. The van der Waals surface area contributed by atoms with Gasteiger partial charge in [-0.05, 0) is 6.42 Å². The number of hydrogen-bond acceptors (Lipinski definition) is 5. The predicted molar refractivity (Wildman–Crippen MR) is 59.1 cm³/mol. The number of carbonyl (C=O) groups excluding carboxylic acids is 1. The fourth-order valence-electron chi connectivity index (χ4n) is 0.701. The van der Waals surface area contributed by atoms with E-state index in [0.29, 0.717) is 6.61 Å². The highest BCUT2D eigenvalue weighted by molar-refractivity contribution is 6.43. The van der Waals surface area contributed by atoms with Crippen LogP contribution in [0.3, 0.4) is 0 Å². The summed E-state index contributed by atoms with van der Waals surface area (Å²) >= 11 is 10.4. The van der Waals surface area contributed by atoms with Crippen molar-refractivity contribution in [3.8, 4) is 0 Å². The van der Waals surface area contributed by atoms with Crippen molar-refractivity contribution >= 4 is 29.4 Å². The van der Waals surface area contributed by atoms with E-state index in [4.69, 9.17) is 37.7 Å². The zero-order chi connectivity index (χ0) is 12.6. The van der Waals surface area contributed by atoms with E-state index in [1.165, 1.54) is 13.8 Å². The van der Waals surface area contributed by atoms with Crippen molar-refractivity contribution in [1.29, 1.82) is 0 Å². The summed E-state index contributed by atoms with van der Waals surface area (Å²) < 4.78 is 9.10. The van der Waals surface area contributed by atoms with Gasteiger partial charge >= 0.3 is 6.16 Å². The summed E-state index contributed by atoms with van der Waals surface area (Å²) in [6.45, 7) is 5.44. The largest absolute Gasteiger partial charge is 0.513 e. The Kier molecular flexibility index (Phi) is 7.83. The molecule has 0 aromatic carbocycles. The van der Waals surface area contributed by atoms with Crippen molar-refractivity contribution < 1.29 is 24.0 Å². The lowest BCUT2D eigenvalue weighted by molar-refractivity contribution is -0.407. The van der Waals surface area contributed by atoms with Crippen LogP contribution in [0.15, 0.2) is 0 Å². The Hall–Kier alpha value is -0.230. The summed E-state index contributed by atoms with van der Waals surface area (Å²) in [5.74, 6) is -1.26. The lowest BCUT2D eigenvalue weighted by Gasteiger charge is -2.23. The van der Waals surface area contributed by atoms with Gasteiger partial charge in [-0.3, -0.25) is 0 Å². The fraction of sp³-hybridized carbons (Fsp3) is 0.889. The number of carbonyl (C=O) groups is 1. The van der Waals surface area contributed by atoms with Gasteiger partial charge in [-0.2, -0.15) is 4.89 Å². The minimum absolute atomic E-state index is 0.423. The van der Waals surface area contributed by atoms with Crippen LogP contribution in [0.5, 0.6) is 0 Å². The first-order chi connectivity index (χ1) is 7.37. The molecule has 96 valence electrons. The molecule has 16 heavy (non-hydrogen) atoms. The van der Waals surface area contributed by atoms with Crippen LogP contribution in [-0.2, 0) is 19.2 Å². The Labute approximate surface area is 105 Å². The standard InChI is InChI=1S/C9H16Cl2O5/c1-4-5-6-13-16-9(2,3)15-8(12)14-7(10)11/h7H,4-6H2,1-3H3. The maximum absolute atomic E-state index is 11.0. The van der Waals surface area contributed by atoms with E-state index in [2.05, 4.69) is 4.74 Å². The van der Waals surface area contributed by atoms with Gasteiger partial charge in [0.25, 0.3) is 5.02 Å². The van der Waals surface area contributed by atoms with Crippen molar-refractivity contribution in [2.24, 2.45) is 0 Å². The molecule has 0 heterocycles.